The van der Waals surface area contributed by atoms with E-state index in [-0.39, 0.29) is 6.61 Å². The van der Waals surface area contributed by atoms with Crippen molar-refractivity contribution in [3.8, 4) is 28.4 Å². The highest BCUT2D eigenvalue weighted by Gasteiger charge is 2.25. The topological polar surface area (TPSA) is 106 Å². The Hall–Kier alpha value is -3.07. The minimum absolute atomic E-state index is 0.132. The number of rotatable bonds is 8. The quantitative estimate of drug-likeness (QED) is 0.471. The fourth-order valence-electron chi connectivity index (χ4n) is 4.29. The molecule has 0 spiro atoms. The number of likely N-dealkylation sites (N-methyl/N-ethyl adjacent to an activating group) is 1. The molecule has 1 unspecified atom stereocenters. The molecule has 1 aliphatic rings. The van der Waals surface area contributed by atoms with Crippen LogP contribution in [0.15, 0.2) is 33.3 Å². The molecule has 1 aliphatic heterocycles. The van der Waals surface area contributed by atoms with Gasteiger partial charge in [0, 0.05) is 34.0 Å². The third-order valence-corrected chi connectivity index (χ3v) is 6.22. The number of ether oxygens (including phenoxy) is 1. The summed E-state index contributed by atoms with van der Waals surface area (Å²) in [5, 5.41) is 17.6. The van der Waals surface area contributed by atoms with Crippen molar-refractivity contribution in [1.82, 2.24) is 20.4 Å². The molecule has 0 radical (unpaired) electrons. The zero-order valence-corrected chi connectivity index (χ0v) is 21.6. The Morgan fingerprint density at radius 3 is 2.49 bits per heavy atom. The van der Waals surface area contributed by atoms with Crippen LogP contribution in [-0.4, -0.2) is 58.8 Å². The monoisotopic (exact) mass is 495 g/mol. The number of aliphatic hydroxyl groups is 1. The number of hydrogen-bond acceptors (Lipinski definition) is 8. The van der Waals surface area contributed by atoms with Gasteiger partial charge in [-0.2, -0.15) is 0 Å². The Balaban J connectivity index is 1.87. The number of aryl methyl sites for hydroxylation is 2. The molecule has 9 heteroatoms. The summed E-state index contributed by atoms with van der Waals surface area (Å²) in [5.41, 5.74) is 7.99. The second kappa shape index (κ2) is 10.3. The van der Waals surface area contributed by atoms with Crippen molar-refractivity contribution in [2.45, 2.75) is 40.7 Å². The predicted molar refractivity (Wildman–Crippen MR) is 138 cm³/mol. The van der Waals surface area contributed by atoms with E-state index < -0.39 is 6.10 Å². The molecule has 1 aromatic carbocycles. The number of aromatic nitrogens is 3. The lowest BCUT2D eigenvalue weighted by Crippen LogP contribution is -2.29. The first-order chi connectivity index (χ1) is 16.7. The van der Waals surface area contributed by atoms with E-state index in [4.69, 9.17) is 30.8 Å². The van der Waals surface area contributed by atoms with Crippen LogP contribution in [0, 0.1) is 20.8 Å². The molecular formula is C26H30ClN5O3. The summed E-state index contributed by atoms with van der Waals surface area (Å²) in [4.78, 5) is 14.5. The van der Waals surface area contributed by atoms with Crippen molar-refractivity contribution in [2.75, 3.05) is 26.7 Å². The summed E-state index contributed by atoms with van der Waals surface area (Å²) < 4.78 is 11.3. The maximum Gasteiger partial charge on any atom is 0.160 e. The molecule has 0 saturated carbocycles. The van der Waals surface area contributed by atoms with Gasteiger partial charge in [-0.05, 0) is 65.4 Å². The highest BCUT2D eigenvalue weighted by Crippen LogP contribution is 2.36. The standard InChI is InChI=1S/C26H30ClN5O3/c1-13-10-29-15(3)22(13)24-14(2)25(23-16(4)32-35-17(23)5)31-26(30-24)18-7-19(27)9-21(8-18)34-12-20(33)11-28-6/h7-9,20,28,33H,10-12H2,1-6H3. The molecule has 184 valence electrons. The number of hydrogen-bond donors (Lipinski definition) is 2. The number of aliphatic hydroxyl groups excluding tert-OH is 1. The summed E-state index contributed by atoms with van der Waals surface area (Å²) in [7, 11) is 1.78. The van der Waals surface area contributed by atoms with E-state index >= 15 is 0 Å². The molecule has 3 aromatic rings. The van der Waals surface area contributed by atoms with E-state index in [0.29, 0.717) is 41.0 Å². The van der Waals surface area contributed by atoms with Gasteiger partial charge >= 0.3 is 0 Å². The lowest BCUT2D eigenvalue weighted by Gasteiger charge is -2.16. The highest BCUT2D eigenvalue weighted by atomic mass is 35.5. The Morgan fingerprint density at radius 1 is 1.11 bits per heavy atom. The van der Waals surface area contributed by atoms with Gasteiger partial charge in [-0.25, -0.2) is 9.97 Å². The summed E-state index contributed by atoms with van der Waals surface area (Å²) in [6.07, 6.45) is -0.643. The van der Waals surface area contributed by atoms with Gasteiger partial charge in [0.2, 0.25) is 0 Å². The van der Waals surface area contributed by atoms with Crippen LogP contribution >= 0.6 is 11.6 Å². The molecule has 2 aromatic heterocycles. The lowest BCUT2D eigenvalue weighted by atomic mass is 9.96. The molecule has 2 N–H and O–H groups in total. The smallest absolute Gasteiger partial charge is 0.160 e. The number of halogens is 1. The summed E-state index contributed by atoms with van der Waals surface area (Å²) in [6, 6.07) is 5.35. The number of nitrogens with one attached hydrogen (secondary N) is 1. The van der Waals surface area contributed by atoms with Crippen molar-refractivity contribution in [1.29, 1.82) is 0 Å². The van der Waals surface area contributed by atoms with E-state index in [2.05, 4.69) is 22.4 Å². The van der Waals surface area contributed by atoms with Crippen molar-refractivity contribution in [3.63, 3.8) is 0 Å². The summed E-state index contributed by atoms with van der Waals surface area (Å²) >= 11 is 6.45. The zero-order chi connectivity index (χ0) is 25.3. The summed E-state index contributed by atoms with van der Waals surface area (Å²) in [6.45, 7) is 11.1. The Labute approximate surface area is 210 Å². The molecule has 4 rings (SSSR count). The van der Waals surface area contributed by atoms with Gasteiger partial charge in [-0.15, -0.1) is 0 Å². The predicted octanol–water partition coefficient (Wildman–Crippen LogP) is 4.58. The minimum atomic E-state index is -0.643. The highest BCUT2D eigenvalue weighted by molar-refractivity contribution is 6.31. The van der Waals surface area contributed by atoms with Crippen LogP contribution in [0.1, 0.15) is 36.6 Å². The molecule has 0 saturated heterocycles. The molecule has 0 fully saturated rings. The first-order valence-electron chi connectivity index (χ1n) is 11.5. The minimum Gasteiger partial charge on any atom is -0.491 e. The maximum atomic E-state index is 10.0. The molecular weight excluding hydrogens is 466 g/mol. The van der Waals surface area contributed by atoms with E-state index in [0.717, 1.165) is 45.1 Å². The zero-order valence-electron chi connectivity index (χ0n) is 20.9. The molecule has 8 nitrogen and oxygen atoms in total. The van der Waals surface area contributed by atoms with Gasteiger partial charge < -0.3 is 19.7 Å². The Kier molecular flexibility index (Phi) is 7.35. The van der Waals surface area contributed by atoms with Crippen LogP contribution in [0.5, 0.6) is 5.75 Å². The van der Waals surface area contributed by atoms with Crippen molar-refractivity contribution < 1.29 is 14.4 Å². The van der Waals surface area contributed by atoms with E-state index in [9.17, 15) is 5.11 Å². The molecule has 3 heterocycles. The second-order valence-electron chi connectivity index (χ2n) is 8.82. The van der Waals surface area contributed by atoms with Gasteiger partial charge in [-0.3, -0.25) is 4.99 Å². The van der Waals surface area contributed by atoms with Gasteiger partial charge in [0.25, 0.3) is 0 Å². The molecule has 0 amide bonds. The average Bonchev–Trinajstić information content (AvgIpc) is 3.32. The number of allylic oxidation sites excluding steroid dienone is 1. The third-order valence-electron chi connectivity index (χ3n) is 6.01. The SMILES string of the molecule is CNCC(O)COc1cc(Cl)cc(-c2nc(C3=C(C)CN=C3C)c(C)c(-c3c(C)noc3C)n2)c1. The average molecular weight is 496 g/mol. The fraction of sp³-hybridized carbons (Fsp3) is 0.385. The van der Waals surface area contributed by atoms with E-state index in [1.807, 2.05) is 33.8 Å². The number of benzene rings is 1. The van der Waals surface area contributed by atoms with E-state index in [1.54, 1.807) is 19.2 Å². The van der Waals surface area contributed by atoms with Crippen LogP contribution in [0.25, 0.3) is 28.2 Å². The van der Waals surface area contributed by atoms with Crippen LogP contribution in [0.4, 0.5) is 0 Å². The van der Waals surface area contributed by atoms with Crippen LogP contribution in [0.2, 0.25) is 5.02 Å². The van der Waals surface area contributed by atoms with Gasteiger partial charge in [0.1, 0.15) is 24.2 Å². The third kappa shape index (κ3) is 5.15. The largest absolute Gasteiger partial charge is 0.491 e. The van der Waals surface area contributed by atoms with E-state index in [1.165, 1.54) is 0 Å². The molecule has 35 heavy (non-hydrogen) atoms. The normalized spacial score (nSPS) is 14.5. The first kappa shape index (κ1) is 25.0. The Morgan fingerprint density at radius 2 is 1.86 bits per heavy atom. The molecule has 0 bridgehead atoms. The Bertz CT molecular complexity index is 1310. The van der Waals surface area contributed by atoms with Gasteiger partial charge in [0.15, 0.2) is 5.82 Å². The second-order valence-corrected chi connectivity index (χ2v) is 9.26. The molecule has 0 aliphatic carbocycles. The fourth-order valence-corrected chi connectivity index (χ4v) is 4.52. The van der Waals surface area contributed by atoms with Crippen LogP contribution in [-0.2, 0) is 0 Å². The number of nitrogens with zero attached hydrogens (tertiary/aromatic N) is 4. The van der Waals surface area contributed by atoms with Crippen LogP contribution < -0.4 is 10.1 Å². The molecule has 1 atom stereocenters. The first-order valence-corrected chi connectivity index (χ1v) is 11.9. The van der Waals surface area contributed by atoms with Crippen molar-refractivity contribution in [2.24, 2.45) is 4.99 Å². The maximum absolute atomic E-state index is 10.0. The van der Waals surface area contributed by atoms with Crippen molar-refractivity contribution in [3.05, 3.63) is 51.5 Å². The van der Waals surface area contributed by atoms with Gasteiger partial charge in [0.05, 0.1) is 29.2 Å². The summed E-state index contributed by atoms with van der Waals surface area (Å²) in [5.74, 6) is 1.72. The number of aliphatic imine (C=N–C) groups is 1. The van der Waals surface area contributed by atoms with Crippen LogP contribution in [0.3, 0.4) is 0 Å². The van der Waals surface area contributed by atoms with Gasteiger partial charge in [-0.1, -0.05) is 16.8 Å². The lowest BCUT2D eigenvalue weighted by molar-refractivity contribution is 0.108. The van der Waals surface area contributed by atoms with Crippen molar-refractivity contribution >= 4 is 22.9 Å².